The molecule has 0 fully saturated rings. The molecule has 150 valence electrons. The van der Waals surface area contributed by atoms with E-state index >= 15 is 0 Å². The van der Waals surface area contributed by atoms with E-state index in [1.807, 2.05) is 37.3 Å². The first-order chi connectivity index (χ1) is 14.5. The highest BCUT2D eigenvalue weighted by atomic mass is 35.5. The van der Waals surface area contributed by atoms with Gasteiger partial charge in [0.15, 0.2) is 0 Å². The highest BCUT2D eigenvalue weighted by molar-refractivity contribution is 6.31. The minimum absolute atomic E-state index is 0.206. The number of nitrogens with one attached hydrogen (secondary N) is 1. The van der Waals surface area contributed by atoms with E-state index in [1.54, 1.807) is 42.5 Å². The van der Waals surface area contributed by atoms with E-state index in [-0.39, 0.29) is 6.42 Å². The average Bonchev–Trinajstić information content (AvgIpc) is 3.00. The first-order valence-electron chi connectivity index (χ1n) is 9.53. The molecule has 1 unspecified atom stereocenters. The van der Waals surface area contributed by atoms with Gasteiger partial charge in [0.25, 0.3) is 11.8 Å². The Bertz CT molecular complexity index is 1110. The maximum absolute atomic E-state index is 13.3. The second kappa shape index (κ2) is 8.13. The lowest BCUT2D eigenvalue weighted by atomic mass is 10.0. The molecule has 3 aromatic carbocycles. The van der Waals surface area contributed by atoms with Crippen LogP contribution in [-0.4, -0.2) is 28.7 Å². The van der Waals surface area contributed by atoms with Crippen LogP contribution in [0, 0.1) is 6.92 Å². The fraction of sp³-hybridized carbons (Fsp3) is 0.125. The molecule has 0 saturated heterocycles. The Labute approximate surface area is 179 Å². The standard InChI is InChI=1S/C24H19ClN2O3/c1-15-11-12-17(25)14-20(15)26-22(28)21(13-16-7-3-2-4-8-16)27-23(29)18-9-5-6-10-19(18)24(27)30/h2-12,14,21H,13H2,1H3,(H,26,28). The lowest BCUT2D eigenvalue weighted by molar-refractivity contribution is -0.119. The molecule has 0 aliphatic carbocycles. The largest absolute Gasteiger partial charge is 0.324 e. The zero-order chi connectivity index (χ0) is 21.3. The van der Waals surface area contributed by atoms with Crippen LogP contribution in [0.1, 0.15) is 31.8 Å². The Morgan fingerprint density at radius 3 is 2.17 bits per heavy atom. The van der Waals surface area contributed by atoms with Crippen LogP contribution in [0.3, 0.4) is 0 Å². The van der Waals surface area contributed by atoms with E-state index in [4.69, 9.17) is 11.6 Å². The van der Waals surface area contributed by atoms with Gasteiger partial charge in [0.1, 0.15) is 6.04 Å². The van der Waals surface area contributed by atoms with Gasteiger partial charge in [-0.15, -0.1) is 0 Å². The number of fused-ring (bicyclic) bond motifs is 1. The molecule has 3 aromatic rings. The van der Waals surface area contributed by atoms with Crippen molar-refractivity contribution in [3.63, 3.8) is 0 Å². The number of hydrogen-bond acceptors (Lipinski definition) is 3. The van der Waals surface area contributed by atoms with Crippen molar-refractivity contribution in [1.29, 1.82) is 0 Å². The Balaban J connectivity index is 1.70. The third kappa shape index (κ3) is 3.72. The molecule has 0 radical (unpaired) electrons. The van der Waals surface area contributed by atoms with Gasteiger partial charge in [-0.1, -0.05) is 60.1 Å². The van der Waals surface area contributed by atoms with Crippen molar-refractivity contribution in [3.05, 3.63) is 100 Å². The Kier molecular flexibility index (Phi) is 5.38. The van der Waals surface area contributed by atoms with Gasteiger partial charge in [-0.05, 0) is 42.3 Å². The number of carbonyl (C=O) groups excluding carboxylic acids is 3. The summed E-state index contributed by atoms with van der Waals surface area (Å²) in [6.45, 7) is 1.85. The third-order valence-corrected chi connectivity index (χ3v) is 5.40. The molecule has 0 saturated carbocycles. The van der Waals surface area contributed by atoms with Crippen LogP contribution in [-0.2, 0) is 11.2 Å². The molecule has 30 heavy (non-hydrogen) atoms. The van der Waals surface area contributed by atoms with Crippen molar-refractivity contribution < 1.29 is 14.4 Å². The maximum atomic E-state index is 13.3. The van der Waals surface area contributed by atoms with Crippen LogP contribution >= 0.6 is 11.6 Å². The number of carbonyl (C=O) groups is 3. The summed E-state index contributed by atoms with van der Waals surface area (Å²) in [5, 5.41) is 3.33. The molecule has 5 nitrogen and oxygen atoms in total. The molecular weight excluding hydrogens is 400 g/mol. The minimum Gasteiger partial charge on any atom is -0.324 e. The lowest BCUT2D eigenvalue weighted by Crippen LogP contribution is -2.48. The third-order valence-electron chi connectivity index (χ3n) is 5.17. The molecule has 1 atom stereocenters. The molecular formula is C24H19ClN2O3. The van der Waals surface area contributed by atoms with Crippen LogP contribution < -0.4 is 5.32 Å². The highest BCUT2D eigenvalue weighted by Crippen LogP contribution is 2.27. The second-order valence-corrected chi connectivity index (χ2v) is 7.62. The Hall–Kier alpha value is -3.44. The fourth-order valence-electron chi connectivity index (χ4n) is 3.57. The first kappa shape index (κ1) is 19.9. The van der Waals surface area contributed by atoms with Gasteiger partial charge in [0, 0.05) is 17.1 Å². The van der Waals surface area contributed by atoms with E-state index in [0.29, 0.717) is 21.8 Å². The van der Waals surface area contributed by atoms with Gasteiger partial charge in [-0.25, -0.2) is 0 Å². The summed E-state index contributed by atoms with van der Waals surface area (Å²) in [4.78, 5) is 40.4. The van der Waals surface area contributed by atoms with E-state index in [1.165, 1.54) is 0 Å². The normalized spacial score (nSPS) is 13.9. The van der Waals surface area contributed by atoms with Gasteiger partial charge < -0.3 is 5.32 Å². The van der Waals surface area contributed by atoms with Crippen molar-refractivity contribution in [3.8, 4) is 0 Å². The number of rotatable bonds is 5. The van der Waals surface area contributed by atoms with Gasteiger partial charge >= 0.3 is 0 Å². The molecule has 6 heteroatoms. The van der Waals surface area contributed by atoms with Crippen molar-refractivity contribution in [2.75, 3.05) is 5.32 Å². The van der Waals surface area contributed by atoms with Crippen LogP contribution in [0.5, 0.6) is 0 Å². The number of imide groups is 1. The van der Waals surface area contributed by atoms with Crippen molar-refractivity contribution in [2.45, 2.75) is 19.4 Å². The second-order valence-electron chi connectivity index (χ2n) is 7.18. The Morgan fingerprint density at radius 1 is 0.933 bits per heavy atom. The molecule has 3 amide bonds. The number of amides is 3. The SMILES string of the molecule is Cc1ccc(Cl)cc1NC(=O)C(Cc1ccccc1)N1C(=O)c2ccccc2C1=O. The van der Waals surface area contributed by atoms with E-state index < -0.39 is 23.8 Å². The van der Waals surface area contributed by atoms with Crippen molar-refractivity contribution in [1.82, 2.24) is 4.90 Å². The summed E-state index contributed by atoms with van der Waals surface area (Å²) >= 11 is 6.07. The van der Waals surface area contributed by atoms with Crippen LogP contribution in [0.4, 0.5) is 5.69 Å². The topological polar surface area (TPSA) is 66.5 Å². The highest BCUT2D eigenvalue weighted by Gasteiger charge is 2.42. The fourth-order valence-corrected chi connectivity index (χ4v) is 3.75. The summed E-state index contributed by atoms with van der Waals surface area (Å²) in [6, 6.07) is 20.1. The quantitative estimate of drug-likeness (QED) is 0.620. The zero-order valence-electron chi connectivity index (χ0n) is 16.3. The number of nitrogens with zero attached hydrogens (tertiary/aromatic N) is 1. The number of hydrogen-bond donors (Lipinski definition) is 1. The smallest absolute Gasteiger partial charge is 0.262 e. The molecule has 1 N–H and O–H groups in total. The Morgan fingerprint density at radius 2 is 1.53 bits per heavy atom. The van der Waals surface area contributed by atoms with E-state index in [2.05, 4.69) is 5.32 Å². The number of halogens is 1. The zero-order valence-corrected chi connectivity index (χ0v) is 17.0. The van der Waals surface area contributed by atoms with Gasteiger partial charge in [-0.2, -0.15) is 0 Å². The van der Waals surface area contributed by atoms with Gasteiger partial charge in [0.2, 0.25) is 5.91 Å². The summed E-state index contributed by atoms with van der Waals surface area (Å²) in [7, 11) is 0. The summed E-state index contributed by atoms with van der Waals surface area (Å²) in [5.41, 5.74) is 2.84. The van der Waals surface area contributed by atoms with Crippen LogP contribution in [0.15, 0.2) is 72.8 Å². The first-order valence-corrected chi connectivity index (χ1v) is 9.91. The summed E-state index contributed by atoms with van der Waals surface area (Å²) < 4.78 is 0. The molecule has 1 aliphatic heterocycles. The molecule has 0 aromatic heterocycles. The summed E-state index contributed by atoms with van der Waals surface area (Å²) in [5.74, 6) is -1.37. The minimum atomic E-state index is -1.00. The molecule has 1 aliphatic rings. The average molecular weight is 419 g/mol. The van der Waals surface area contributed by atoms with Gasteiger partial charge in [0.05, 0.1) is 11.1 Å². The maximum Gasteiger partial charge on any atom is 0.262 e. The van der Waals surface area contributed by atoms with Gasteiger partial charge in [-0.3, -0.25) is 19.3 Å². The predicted octanol–water partition coefficient (Wildman–Crippen LogP) is 4.49. The van der Waals surface area contributed by atoms with Crippen LogP contribution in [0.2, 0.25) is 5.02 Å². The molecule has 0 spiro atoms. The monoisotopic (exact) mass is 418 g/mol. The summed E-state index contributed by atoms with van der Waals surface area (Å²) in [6.07, 6.45) is 0.206. The number of anilines is 1. The van der Waals surface area contributed by atoms with E-state index in [0.717, 1.165) is 16.0 Å². The van der Waals surface area contributed by atoms with Crippen LogP contribution in [0.25, 0.3) is 0 Å². The number of benzene rings is 3. The molecule has 1 heterocycles. The van der Waals surface area contributed by atoms with Crippen molar-refractivity contribution in [2.24, 2.45) is 0 Å². The van der Waals surface area contributed by atoms with E-state index in [9.17, 15) is 14.4 Å². The molecule has 4 rings (SSSR count). The van der Waals surface area contributed by atoms with Crippen molar-refractivity contribution >= 4 is 35.0 Å². The lowest BCUT2D eigenvalue weighted by Gasteiger charge is -2.26. The molecule has 0 bridgehead atoms. The predicted molar refractivity (Wildman–Crippen MR) is 116 cm³/mol. The number of aryl methyl sites for hydroxylation is 1.